The van der Waals surface area contributed by atoms with Gasteiger partial charge in [0.05, 0.1) is 46.8 Å². The number of hydrogen-bond acceptors (Lipinski definition) is 6. The summed E-state index contributed by atoms with van der Waals surface area (Å²) in [5, 5.41) is 6.80. The molecule has 1 fully saturated rings. The van der Waals surface area contributed by atoms with E-state index < -0.39 is 10.0 Å². The lowest BCUT2D eigenvalue weighted by Crippen LogP contribution is -2.25. The van der Waals surface area contributed by atoms with Crippen LogP contribution in [0, 0.1) is 5.92 Å². The zero-order valence-electron chi connectivity index (χ0n) is 19.6. The molecule has 0 bridgehead atoms. The van der Waals surface area contributed by atoms with E-state index in [1.165, 1.54) is 12.4 Å². The summed E-state index contributed by atoms with van der Waals surface area (Å²) >= 11 is 0. The van der Waals surface area contributed by atoms with Gasteiger partial charge in [0.1, 0.15) is 5.82 Å². The lowest BCUT2D eigenvalue weighted by atomic mass is 9.95. The first-order valence-electron chi connectivity index (χ1n) is 11.5. The van der Waals surface area contributed by atoms with Crippen molar-refractivity contribution in [3.05, 3.63) is 54.3 Å². The number of fused-ring (bicyclic) bond motifs is 1. The largest absolute Gasteiger partial charge is 0.501 e. The highest BCUT2D eigenvalue weighted by Gasteiger charge is 2.28. The van der Waals surface area contributed by atoms with Gasteiger partial charge in [0, 0.05) is 23.9 Å². The number of allylic oxidation sites excluding steroid dienone is 1. The Hall–Kier alpha value is -3.14. The Morgan fingerprint density at radius 2 is 2.03 bits per heavy atom. The quantitative estimate of drug-likeness (QED) is 0.577. The number of amides is 1. The number of ether oxygens (including phenoxy) is 1. The molecule has 1 aromatic carbocycles. The molecule has 5 rings (SSSR count). The van der Waals surface area contributed by atoms with E-state index in [2.05, 4.69) is 41.8 Å². The second-order valence-electron chi connectivity index (χ2n) is 10.0. The van der Waals surface area contributed by atoms with Gasteiger partial charge < -0.3 is 14.6 Å². The van der Waals surface area contributed by atoms with Crippen molar-refractivity contribution in [2.75, 3.05) is 6.61 Å². The summed E-state index contributed by atoms with van der Waals surface area (Å²) in [4.78, 5) is 17.2. The molecule has 1 aliphatic heterocycles. The zero-order chi connectivity index (χ0) is 24.1. The maximum Gasteiger partial charge on any atom is 0.283 e. The van der Waals surface area contributed by atoms with E-state index in [-0.39, 0.29) is 27.8 Å². The van der Waals surface area contributed by atoms with Gasteiger partial charge in [-0.25, -0.2) is 4.98 Å². The van der Waals surface area contributed by atoms with Gasteiger partial charge in [-0.1, -0.05) is 20.8 Å². The molecule has 180 valence electrons. The molecule has 34 heavy (non-hydrogen) atoms. The SMILES string of the molecule is CC(C)(C)c1nc2cc(S(=O)(=O)n3cc(C(=O)NC4CC4)cn3)ccc2n1CC1C=COCC1. The van der Waals surface area contributed by atoms with Gasteiger partial charge in [-0.3, -0.25) is 4.79 Å². The van der Waals surface area contributed by atoms with Crippen molar-refractivity contribution >= 4 is 27.0 Å². The fourth-order valence-electron chi connectivity index (χ4n) is 4.12. The standard InChI is InChI=1S/C24H29N5O4S/c1-24(2,3)23-27-20-12-19(6-7-21(20)28(23)14-16-8-10-33-11-9-16)34(31,32)29-15-17(13-25-29)22(30)26-18-4-5-18/h6-8,10,12-13,15-16,18H,4-5,9,11,14H2,1-3H3,(H,26,30). The summed E-state index contributed by atoms with van der Waals surface area (Å²) in [6, 6.07) is 5.14. The number of imidazole rings is 1. The van der Waals surface area contributed by atoms with Crippen molar-refractivity contribution in [1.29, 1.82) is 0 Å². The summed E-state index contributed by atoms with van der Waals surface area (Å²) in [7, 11) is -3.97. The molecule has 2 aliphatic rings. The van der Waals surface area contributed by atoms with E-state index >= 15 is 0 Å². The summed E-state index contributed by atoms with van der Waals surface area (Å²) in [5.74, 6) is 0.908. The number of nitrogens with zero attached hydrogens (tertiary/aromatic N) is 4. The van der Waals surface area contributed by atoms with Crippen molar-refractivity contribution < 1.29 is 17.9 Å². The average molecular weight is 484 g/mol. The van der Waals surface area contributed by atoms with Gasteiger partial charge in [-0.2, -0.15) is 17.6 Å². The van der Waals surface area contributed by atoms with Gasteiger partial charge in [-0.05, 0) is 43.5 Å². The Bertz CT molecular complexity index is 1380. The van der Waals surface area contributed by atoms with Gasteiger partial charge in [0.25, 0.3) is 15.9 Å². The molecule has 3 aromatic rings. The molecule has 0 spiro atoms. The molecule has 1 aliphatic carbocycles. The van der Waals surface area contributed by atoms with Crippen LogP contribution < -0.4 is 5.32 Å². The average Bonchev–Trinajstić information content (AvgIpc) is 3.32. The third kappa shape index (κ3) is 4.34. The molecule has 3 heterocycles. The van der Waals surface area contributed by atoms with Gasteiger partial charge >= 0.3 is 0 Å². The monoisotopic (exact) mass is 483 g/mol. The molecule has 1 atom stereocenters. The third-order valence-corrected chi connectivity index (χ3v) is 7.68. The fraction of sp³-hybridized carbons (Fsp3) is 0.458. The lowest BCUT2D eigenvalue weighted by Gasteiger charge is -2.24. The van der Waals surface area contributed by atoms with E-state index in [1.54, 1.807) is 24.5 Å². The van der Waals surface area contributed by atoms with Crippen LogP contribution >= 0.6 is 0 Å². The smallest absolute Gasteiger partial charge is 0.283 e. The Morgan fingerprint density at radius 3 is 2.71 bits per heavy atom. The molecule has 0 saturated heterocycles. The van der Waals surface area contributed by atoms with Crippen molar-refractivity contribution in [1.82, 2.24) is 24.1 Å². The van der Waals surface area contributed by atoms with Crippen LogP contribution in [0.5, 0.6) is 0 Å². The van der Waals surface area contributed by atoms with E-state index in [0.717, 1.165) is 41.2 Å². The van der Waals surface area contributed by atoms with E-state index in [9.17, 15) is 13.2 Å². The number of hydrogen-bond donors (Lipinski definition) is 1. The van der Waals surface area contributed by atoms with Crippen LogP contribution in [0.25, 0.3) is 11.0 Å². The lowest BCUT2D eigenvalue weighted by molar-refractivity contribution is 0.0951. The summed E-state index contributed by atoms with van der Waals surface area (Å²) in [5.41, 5.74) is 1.49. The van der Waals surface area contributed by atoms with Crippen molar-refractivity contribution in [3.8, 4) is 0 Å². The number of rotatable bonds is 6. The van der Waals surface area contributed by atoms with Gasteiger partial charge in [0.2, 0.25) is 0 Å². The Morgan fingerprint density at radius 1 is 1.24 bits per heavy atom. The summed E-state index contributed by atoms with van der Waals surface area (Å²) in [6.45, 7) is 7.72. The van der Waals surface area contributed by atoms with Crippen molar-refractivity contribution in [2.24, 2.45) is 5.92 Å². The number of carbonyl (C=O) groups excluding carboxylic acids is 1. The van der Waals surface area contributed by atoms with Crippen LogP contribution in [-0.2, 0) is 26.7 Å². The molecular weight excluding hydrogens is 454 g/mol. The first-order chi connectivity index (χ1) is 16.1. The van der Waals surface area contributed by atoms with E-state index in [0.29, 0.717) is 18.0 Å². The molecule has 1 unspecified atom stereocenters. The third-order valence-electron chi connectivity index (χ3n) is 6.14. The zero-order valence-corrected chi connectivity index (χ0v) is 20.4. The molecule has 1 saturated carbocycles. The predicted molar refractivity (Wildman–Crippen MR) is 127 cm³/mol. The Labute approximate surface area is 198 Å². The van der Waals surface area contributed by atoms with E-state index in [4.69, 9.17) is 9.72 Å². The van der Waals surface area contributed by atoms with Crippen molar-refractivity contribution in [3.63, 3.8) is 0 Å². The summed E-state index contributed by atoms with van der Waals surface area (Å²) < 4.78 is 34.9. The normalized spacial score (nSPS) is 18.7. The molecule has 10 heteroatoms. The first kappa shape index (κ1) is 22.6. The van der Waals surface area contributed by atoms with Crippen molar-refractivity contribution in [2.45, 2.75) is 62.9 Å². The Balaban J connectivity index is 1.50. The van der Waals surface area contributed by atoms with Crippen LogP contribution in [0.15, 0.2) is 47.8 Å². The second-order valence-corrected chi connectivity index (χ2v) is 11.8. The van der Waals surface area contributed by atoms with Gasteiger partial charge in [0.15, 0.2) is 0 Å². The first-order valence-corrected chi connectivity index (χ1v) is 13.0. The Kier molecular flexibility index (Phi) is 5.50. The maximum atomic E-state index is 13.3. The molecule has 1 amide bonds. The number of benzene rings is 1. The van der Waals surface area contributed by atoms with Crippen LogP contribution in [0.3, 0.4) is 0 Å². The van der Waals surface area contributed by atoms with E-state index in [1.807, 2.05) is 0 Å². The maximum absolute atomic E-state index is 13.3. The minimum atomic E-state index is -3.97. The molecule has 0 radical (unpaired) electrons. The highest BCUT2D eigenvalue weighted by molar-refractivity contribution is 7.89. The second kappa shape index (κ2) is 8.26. The molecule has 2 aromatic heterocycles. The number of nitrogens with one attached hydrogen (secondary N) is 1. The minimum absolute atomic E-state index is 0.0772. The molecule has 9 nitrogen and oxygen atoms in total. The van der Waals surface area contributed by atoms with Crippen LogP contribution in [0.1, 0.15) is 56.2 Å². The summed E-state index contributed by atoms with van der Waals surface area (Å²) in [6.07, 6.45) is 9.17. The highest BCUT2D eigenvalue weighted by atomic mass is 32.2. The number of carbonyl (C=O) groups is 1. The number of aromatic nitrogens is 4. The van der Waals surface area contributed by atoms with Crippen LogP contribution in [0.2, 0.25) is 0 Å². The van der Waals surface area contributed by atoms with Crippen LogP contribution in [-0.4, -0.2) is 45.7 Å². The highest BCUT2D eigenvalue weighted by Crippen LogP contribution is 2.30. The topological polar surface area (TPSA) is 108 Å². The van der Waals surface area contributed by atoms with Gasteiger partial charge in [-0.15, -0.1) is 0 Å². The predicted octanol–water partition coefficient (Wildman–Crippen LogP) is 3.21. The molecule has 1 N–H and O–H groups in total. The van der Waals surface area contributed by atoms with Crippen LogP contribution in [0.4, 0.5) is 0 Å². The minimum Gasteiger partial charge on any atom is -0.501 e. The fourth-order valence-corrected chi connectivity index (χ4v) is 5.26. The molecular formula is C24H29N5O4S.